The van der Waals surface area contributed by atoms with Crippen molar-refractivity contribution >= 4 is 17.3 Å². The van der Waals surface area contributed by atoms with Gasteiger partial charge < -0.3 is 15.2 Å². The zero-order chi connectivity index (χ0) is 12.4. The van der Waals surface area contributed by atoms with E-state index in [1.165, 1.54) is 18.0 Å². The lowest BCUT2D eigenvalue weighted by Crippen LogP contribution is -2.15. The number of carbonyl (C=O) groups excluding carboxylic acids is 1. The molecule has 0 spiro atoms. The van der Waals surface area contributed by atoms with Crippen LogP contribution in [0.1, 0.15) is 22.3 Å². The Labute approximate surface area is 104 Å². The summed E-state index contributed by atoms with van der Waals surface area (Å²) in [5, 5.41) is 9.59. The van der Waals surface area contributed by atoms with Crippen LogP contribution in [0.5, 0.6) is 0 Å². The summed E-state index contributed by atoms with van der Waals surface area (Å²) in [6.45, 7) is 0.999. The van der Waals surface area contributed by atoms with Crippen LogP contribution < -0.4 is 10.6 Å². The van der Waals surface area contributed by atoms with Crippen LogP contribution in [0, 0.1) is 0 Å². The maximum absolute atomic E-state index is 12.0. The zero-order valence-electron chi connectivity index (χ0n) is 9.77. The van der Waals surface area contributed by atoms with Crippen LogP contribution in [-0.4, -0.2) is 17.6 Å². The summed E-state index contributed by atoms with van der Waals surface area (Å²) in [7, 11) is 0. The average molecular weight is 243 g/mol. The van der Waals surface area contributed by atoms with Gasteiger partial charge >= 0.3 is 0 Å². The van der Waals surface area contributed by atoms with Gasteiger partial charge in [-0.15, -0.1) is 0 Å². The first-order valence-electron chi connectivity index (χ1n) is 5.90. The van der Waals surface area contributed by atoms with E-state index >= 15 is 0 Å². The second kappa shape index (κ2) is 4.52. The number of carbonyl (C=O) groups is 1. The van der Waals surface area contributed by atoms with Gasteiger partial charge in [0.1, 0.15) is 12.0 Å². The molecule has 1 amide bonds. The molecule has 1 aliphatic heterocycles. The molecule has 0 fully saturated rings. The van der Waals surface area contributed by atoms with Gasteiger partial charge in [0.15, 0.2) is 0 Å². The highest BCUT2D eigenvalue weighted by molar-refractivity contribution is 6.04. The fraction of sp³-hybridized carbons (Fsp3) is 0.231. The topological polar surface area (TPSA) is 67.2 Å². The molecule has 92 valence electrons. The Balaban J connectivity index is 1.81. The van der Waals surface area contributed by atoms with Gasteiger partial charge in [0, 0.05) is 17.8 Å². The van der Waals surface area contributed by atoms with Crippen molar-refractivity contribution in [1.82, 2.24) is 5.16 Å². The molecule has 18 heavy (non-hydrogen) atoms. The number of amides is 1. The van der Waals surface area contributed by atoms with Crippen molar-refractivity contribution in [3.8, 4) is 0 Å². The van der Waals surface area contributed by atoms with Crippen molar-refractivity contribution < 1.29 is 9.32 Å². The SMILES string of the molecule is O=C(Nc1cnoc1)c1ccc2c(c1)CCCN2. The lowest BCUT2D eigenvalue weighted by atomic mass is 10.0. The molecular weight excluding hydrogens is 230 g/mol. The van der Waals surface area contributed by atoms with E-state index in [-0.39, 0.29) is 5.91 Å². The summed E-state index contributed by atoms with van der Waals surface area (Å²) in [5.74, 6) is -0.147. The minimum absolute atomic E-state index is 0.147. The molecule has 3 rings (SSSR count). The van der Waals surface area contributed by atoms with Gasteiger partial charge in [-0.2, -0.15) is 0 Å². The smallest absolute Gasteiger partial charge is 0.255 e. The highest BCUT2D eigenvalue weighted by atomic mass is 16.5. The lowest BCUT2D eigenvalue weighted by Gasteiger charge is -2.18. The van der Waals surface area contributed by atoms with E-state index in [0.717, 1.165) is 25.1 Å². The summed E-state index contributed by atoms with van der Waals surface area (Å²) in [6, 6.07) is 5.71. The molecule has 0 atom stereocenters. The molecule has 5 nitrogen and oxygen atoms in total. The van der Waals surface area contributed by atoms with Crippen LogP contribution in [0.25, 0.3) is 0 Å². The van der Waals surface area contributed by atoms with Gasteiger partial charge in [0.05, 0.1) is 6.20 Å². The van der Waals surface area contributed by atoms with Crippen molar-refractivity contribution in [2.45, 2.75) is 12.8 Å². The molecule has 2 heterocycles. The quantitative estimate of drug-likeness (QED) is 0.849. The molecule has 5 heteroatoms. The van der Waals surface area contributed by atoms with Crippen LogP contribution in [0.4, 0.5) is 11.4 Å². The van der Waals surface area contributed by atoms with Crippen LogP contribution in [0.2, 0.25) is 0 Å². The molecule has 0 bridgehead atoms. The second-order valence-electron chi connectivity index (χ2n) is 4.27. The minimum Gasteiger partial charge on any atom is -0.385 e. The number of nitrogens with zero attached hydrogens (tertiary/aromatic N) is 1. The summed E-state index contributed by atoms with van der Waals surface area (Å²) < 4.78 is 4.67. The molecule has 0 unspecified atom stereocenters. The second-order valence-corrected chi connectivity index (χ2v) is 4.27. The number of aromatic nitrogens is 1. The highest BCUT2D eigenvalue weighted by Gasteiger charge is 2.12. The number of hydrogen-bond acceptors (Lipinski definition) is 4. The summed E-state index contributed by atoms with van der Waals surface area (Å²) in [6.07, 6.45) is 4.98. The third kappa shape index (κ3) is 2.07. The van der Waals surface area contributed by atoms with E-state index < -0.39 is 0 Å². The predicted octanol–water partition coefficient (Wildman–Crippen LogP) is 2.28. The molecule has 2 aromatic rings. The lowest BCUT2D eigenvalue weighted by molar-refractivity contribution is 0.102. The molecule has 1 aliphatic rings. The molecule has 0 saturated heterocycles. The van der Waals surface area contributed by atoms with E-state index in [9.17, 15) is 4.79 Å². The van der Waals surface area contributed by atoms with Crippen molar-refractivity contribution in [2.75, 3.05) is 17.2 Å². The fourth-order valence-electron chi connectivity index (χ4n) is 2.09. The Bertz CT molecular complexity index is 564. The van der Waals surface area contributed by atoms with E-state index in [1.54, 1.807) is 0 Å². The van der Waals surface area contributed by atoms with Crippen LogP contribution in [-0.2, 0) is 6.42 Å². The minimum atomic E-state index is -0.147. The van der Waals surface area contributed by atoms with E-state index in [4.69, 9.17) is 0 Å². The number of aryl methyl sites for hydroxylation is 1. The monoisotopic (exact) mass is 243 g/mol. The standard InChI is InChI=1S/C13H13N3O2/c17-13(16-11-7-15-18-8-11)10-3-4-12-9(6-10)2-1-5-14-12/h3-4,6-8,14H,1-2,5H2,(H,16,17). The van der Waals surface area contributed by atoms with Crippen molar-refractivity contribution in [3.05, 3.63) is 41.8 Å². The molecule has 2 N–H and O–H groups in total. The molecule has 0 radical (unpaired) electrons. The first-order chi connectivity index (χ1) is 8.83. The van der Waals surface area contributed by atoms with E-state index in [2.05, 4.69) is 20.3 Å². The third-order valence-electron chi connectivity index (χ3n) is 3.00. The molecule has 0 aliphatic carbocycles. The Kier molecular flexibility index (Phi) is 2.72. The fourth-order valence-corrected chi connectivity index (χ4v) is 2.09. The van der Waals surface area contributed by atoms with Gasteiger partial charge in [-0.1, -0.05) is 5.16 Å². The van der Waals surface area contributed by atoms with Crippen LogP contribution in [0.3, 0.4) is 0 Å². The van der Waals surface area contributed by atoms with Gasteiger partial charge in [-0.3, -0.25) is 4.79 Å². The average Bonchev–Trinajstić information content (AvgIpc) is 2.91. The summed E-state index contributed by atoms with van der Waals surface area (Å²) in [5.41, 5.74) is 3.54. The van der Waals surface area contributed by atoms with E-state index in [1.807, 2.05) is 18.2 Å². The van der Waals surface area contributed by atoms with Gasteiger partial charge in [-0.25, -0.2) is 0 Å². The molecule has 1 aromatic heterocycles. The first kappa shape index (κ1) is 10.8. The van der Waals surface area contributed by atoms with Crippen LogP contribution in [0.15, 0.2) is 35.2 Å². The summed E-state index contributed by atoms with van der Waals surface area (Å²) in [4.78, 5) is 12.0. The van der Waals surface area contributed by atoms with E-state index in [0.29, 0.717) is 11.3 Å². The van der Waals surface area contributed by atoms with Crippen molar-refractivity contribution in [3.63, 3.8) is 0 Å². The third-order valence-corrected chi connectivity index (χ3v) is 3.00. The number of nitrogens with one attached hydrogen (secondary N) is 2. The highest BCUT2D eigenvalue weighted by Crippen LogP contribution is 2.23. The molecular formula is C13H13N3O2. The van der Waals surface area contributed by atoms with Crippen molar-refractivity contribution in [1.29, 1.82) is 0 Å². The first-order valence-corrected chi connectivity index (χ1v) is 5.90. The molecule has 1 aromatic carbocycles. The Morgan fingerprint density at radius 1 is 1.44 bits per heavy atom. The number of rotatable bonds is 2. The van der Waals surface area contributed by atoms with Crippen molar-refractivity contribution in [2.24, 2.45) is 0 Å². The Hall–Kier alpha value is -2.30. The number of hydrogen-bond donors (Lipinski definition) is 2. The zero-order valence-corrected chi connectivity index (χ0v) is 9.77. The number of benzene rings is 1. The normalized spacial score (nSPS) is 13.6. The van der Waals surface area contributed by atoms with Gasteiger partial charge in [0.25, 0.3) is 5.91 Å². The maximum atomic E-state index is 12.0. The largest absolute Gasteiger partial charge is 0.385 e. The Morgan fingerprint density at radius 2 is 2.39 bits per heavy atom. The predicted molar refractivity (Wildman–Crippen MR) is 67.7 cm³/mol. The van der Waals surface area contributed by atoms with Crippen LogP contribution >= 0.6 is 0 Å². The number of anilines is 2. The molecule has 0 saturated carbocycles. The number of fused-ring (bicyclic) bond motifs is 1. The summed E-state index contributed by atoms with van der Waals surface area (Å²) >= 11 is 0. The van der Waals surface area contributed by atoms with Gasteiger partial charge in [0.2, 0.25) is 0 Å². The van der Waals surface area contributed by atoms with Gasteiger partial charge in [-0.05, 0) is 36.6 Å². The maximum Gasteiger partial charge on any atom is 0.255 e. The Morgan fingerprint density at radius 3 is 3.22 bits per heavy atom.